The zero-order valence-electron chi connectivity index (χ0n) is 18.7. The molecule has 0 spiro atoms. The van der Waals surface area contributed by atoms with E-state index in [1.165, 1.54) is 27.9 Å². The molecule has 1 aromatic heterocycles. The molecule has 0 saturated carbocycles. The lowest BCUT2D eigenvalue weighted by Crippen LogP contribution is -2.34. The van der Waals surface area contributed by atoms with E-state index in [2.05, 4.69) is 81.9 Å². The molecule has 0 aliphatic carbocycles. The molecule has 1 saturated heterocycles. The monoisotopic (exact) mass is 436 g/mol. The van der Waals surface area contributed by atoms with Gasteiger partial charge in [0.1, 0.15) is 12.1 Å². The molecular weight excluding hydrogens is 408 g/mol. The normalized spacial score (nSPS) is 16.3. The van der Waals surface area contributed by atoms with Crippen LogP contribution in [-0.2, 0) is 17.7 Å². The highest BCUT2D eigenvalue weighted by Crippen LogP contribution is 2.41. The predicted molar refractivity (Wildman–Crippen MR) is 133 cm³/mol. The standard InChI is InChI=1S/C28H28N4O/c1-2-5-21(6-3-1)23-7-4-8-27-24(23)11-14-32(27)28-25-10-9-20(17-26(25)30-19-31-28)18-29-22-12-15-33-16-13-22/h1-10,17,19,22,29H,11-16,18H2. The van der Waals surface area contributed by atoms with Crippen LogP contribution < -0.4 is 10.2 Å². The molecule has 6 rings (SSSR count). The highest BCUT2D eigenvalue weighted by molar-refractivity contribution is 5.93. The summed E-state index contributed by atoms with van der Waals surface area (Å²) in [6.07, 6.45) is 4.88. The summed E-state index contributed by atoms with van der Waals surface area (Å²) in [4.78, 5) is 11.7. The van der Waals surface area contributed by atoms with Crippen LogP contribution in [-0.4, -0.2) is 35.8 Å². The van der Waals surface area contributed by atoms with Gasteiger partial charge in [0.15, 0.2) is 0 Å². The molecule has 0 unspecified atom stereocenters. The number of nitrogens with zero attached hydrogens (tertiary/aromatic N) is 3. The number of hydrogen-bond acceptors (Lipinski definition) is 5. The molecule has 2 aliphatic rings. The van der Waals surface area contributed by atoms with E-state index in [-0.39, 0.29) is 0 Å². The maximum Gasteiger partial charge on any atom is 0.144 e. The van der Waals surface area contributed by atoms with E-state index in [0.29, 0.717) is 6.04 Å². The van der Waals surface area contributed by atoms with Gasteiger partial charge in [0.25, 0.3) is 0 Å². The summed E-state index contributed by atoms with van der Waals surface area (Å²) >= 11 is 0. The summed E-state index contributed by atoms with van der Waals surface area (Å²) in [7, 11) is 0. The molecule has 2 aliphatic heterocycles. The number of ether oxygens (including phenoxy) is 1. The summed E-state index contributed by atoms with van der Waals surface area (Å²) in [6.45, 7) is 3.50. The summed E-state index contributed by atoms with van der Waals surface area (Å²) < 4.78 is 5.47. The van der Waals surface area contributed by atoms with Crippen LogP contribution in [0, 0.1) is 0 Å². The third kappa shape index (κ3) is 3.99. The van der Waals surface area contributed by atoms with Crippen LogP contribution >= 0.6 is 0 Å². The van der Waals surface area contributed by atoms with Crippen molar-refractivity contribution in [2.24, 2.45) is 0 Å². The molecule has 5 heteroatoms. The minimum Gasteiger partial charge on any atom is -0.381 e. The van der Waals surface area contributed by atoms with Crippen molar-refractivity contribution in [2.45, 2.75) is 31.8 Å². The van der Waals surface area contributed by atoms with Gasteiger partial charge < -0.3 is 15.0 Å². The van der Waals surface area contributed by atoms with Gasteiger partial charge in [0.2, 0.25) is 0 Å². The smallest absolute Gasteiger partial charge is 0.144 e. The van der Waals surface area contributed by atoms with Crippen molar-refractivity contribution in [1.29, 1.82) is 0 Å². The van der Waals surface area contributed by atoms with E-state index in [9.17, 15) is 0 Å². The fraction of sp³-hybridized carbons (Fsp3) is 0.286. The zero-order chi connectivity index (χ0) is 22.0. The number of nitrogens with one attached hydrogen (secondary N) is 1. The van der Waals surface area contributed by atoms with Crippen LogP contribution in [0.4, 0.5) is 11.5 Å². The van der Waals surface area contributed by atoms with Crippen LogP contribution in [0.25, 0.3) is 22.0 Å². The van der Waals surface area contributed by atoms with Crippen molar-refractivity contribution < 1.29 is 4.74 Å². The van der Waals surface area contributed by atoms with Crippen molar-refractivity contribution in [3.63, 3.8) is 0 Å². The molecule has 166 valence electrons. The highest BCUT2D eigenvalue weighted by Gasteiger charge is 2.25. The van der Waals surface area contributed by atoms with Gasteiger partial charge in [-0.3, -0.25) is 0 Å². The number of fused-ring (bicyclic) bond motifs is 2. The summed E-state index contributed by atoms with van der Waals surface area (Å²) in [6, 6.07) is 24.4. The Morgan fingerprint density at radius 2 is 1.82 bits per heavy atom. The Labute approximate surface area is 194 Å². The zero-order valence-corrected chi connectivity index (χ0v) is 18.7. The third-order valence-corrected chi connectivity index (χ3v) is 6.86. The van der Waals surface area contributed by atoms with E-state index >= 15 is 0 Å². The maximum atomic E-state index is 5.47. The van der Waals surface area contributed by atoms with Gasteiger partial charge in [-0.05, 0) is 59.7 Å². The third-order valence-electron chi connectivity index (χ3n) is 6.86. The fourth-order valence-electron chi connectivity index (χ4n) is 5.12. The molecule has 0 amide bonds. The molecule has 1 N–H and O–H groups in total. The number of anilines is 2. The van der Waals surface area contributed by atoms with Crippen LogP contribution in [0.3, 0.4) is 0 Å². The molecule has 3 heterocycles. The molecule has 5 nitrogen and oxygen atoms in total. The van der Waals surface area contributed by atoms with Crippen LogP contribution in [0.2, 0.25) is 0 Å². The van der Waals surface area contributed by atoms with E-state index < -0.39 is 0 Å². The van der Waals surface area contributed by atoms with Gasteiger partial charge >= 0.3 is 0 Å². The fourth-order valence-corrected chi connectivity index (χ4v) is 5.12. The predicted octanol–water partition coefficient (Wildman–Crippen LogP) is 5.26. The first-order valence-electron chi connectivity index (χ1n) is 11.9. The Balaban J connectivity index is 1.30. The lowest BCUT2D eigenvalue weighted by atomic mass is 9.98. The number of aromatic nitrogens is 2. The summed E-state index contributed by atoms with van der Waals surface area (Å²) in [5, 5.41) is 4.78. The maximum absolute atomic E-state index is 5.47. The molecule has 33 heavy (non-hydrogen) atoms. The van der Waals surface area contributed by atoms with Crippen molar-refractivity contribution in [3.05, 3.63) is 84.2 Å². The van der Waals surface area contributed by atoms with E-state index in [1.807, 2.05) is 0 Å². The Kier molecular flexibility index (Phi) is 5.50. The topological polar surface area (TPSA) is 50.3 Å². The van der Waals surface area contributed by atoms with Crippen LogP contribution in [0.1, 0.15) is 24.0 Å². The lowest BCUT2D eigenvalue weighted by Gasteiger charge is -2.23. The molecule has 4 aromatic rings. The van der Waals surface area contributed by atoms with Gasteiger partial charge in [-0.15, -0.1) is 0 Å². The van der Waals surface area contributed by atoms with Crippen molar-refractivity contribution in [1.82, 2.24) is 15.3 Å². The average molecular weight is 437 g/mol. The average Bonchev–Trinajstić information content (AvgIpc) is 3.32. The molecule has 0 radical (unpaired) electrons. The number of rotatable bonds is 5. The Morgan fingerprint density at radius 1 is 0.939 bits per heavy atom. The minimum absolute atomic E-state index is 0.537. The second-order valence-electron chi connectivity index (χ2n) is 8.89. The molecule has 0 bridgehead atoms. The highest BCUT2D eigenvalue weighted by atomic mass is 16.5. The molecule has 1 fully saturated rings. The van der Waals surface area contributed by atoms with Crippen molar-refractivity contribution in [3.8, 4) is 11.1 Å². The van der Waals surface area contributed by atoms with Gasteiger partial charge in [0.05, 0.1) is 5.52 Å². The first-order valence-corrected chi connectivity index (χ1v) is 11.9. The first kappa shape index (κ1) is 20.3. The SMILES string of the molecule is c1ccc(-c2cccc3c2CCN3c2ncnc3cc(CNC4CCOCC4)ccc23)cc1. The largest absolute Gasteiger partial charge is 0.381 e. The summed E-state index contributed by atoms with van der Waals surface area (Å²) in [5.41, 5.74) is 7.49. The van der Waals surface area contributed by atoms with E-state index in [4.69, 9.17) is 9.72 Å². The quantitative estimate of drug-likeness (QED) is 0.462. The minimum atomic E-state index is 0.537. The van der Waals surface area contributed by atoms with E-state index in [0.717, 1.165) is 62.3 Å². The first-order chi connectivity index (χ1) is 16.4. The number of hydrogen-bond donors (Lipinski definition) is 1. The summed E-state index contributed by atoms with van der Waals surface area (Å²) in [5.74, 6) is 0.993. The van der Waals surface area contributed by atoms with Gasteiger partial charge in [-0.1, -0.05) is 48.5 Å². The van der Waals surface area contributed by atoms with Gasteiger partial charge in [0, 0.05) is 43.4 Å². The van der Waals surface area contributed by atoms with Crippen molar-refractivity contribution >= 4 is 22.4 Å². The Morgan fingerprint density at radius 3 is 2.70 bits per heavy atom. The Bertz CT molecular complexity index is 1270. The van der Waals surface area contributed by atoms with Gasteiger partial charge in [-0.25, -0.2) is 9.97 Å². The van der Waals surface area contributed by atoms with E-state index in [1.54, 1.807) is 6.33 Å². The van der Waals surface area contributed by atoms with Crippen molar-refractivity contribution in [2.75, 3.05) is 24.7 Å². The van der Waals surface area contributed by atoms with Gasteiger partial charge in [-0.2, -0.15) is 0 Å². The van der Waals surface area contributed by atoms with Crippen LogP contribution in [0.5, 0.6) is 0 Å². The lowest BCUT2D eigenvalue weighted by molar-refractivity contribution is 0.0776. The molecule has 3 aromatic carbocycles. The van der Waals surface area contributed by atoms with Crippen LogP contribution in [0.15, 0.2) is 73.1 Å². The second-order valence-corrected chi connectivity index (χ2v) is 8.89. The second kappa shape index (κ2) is 8.93. The molecular formula is C28H28N4O. The number of benzene rings is 3. The molecule has 0 atom stereocenters. The Hall–Kier alpha value is -3.28.